The van der Waals surface area contributed by atoms with Crippen LogP contribution in [0.5, 0.6) is 5.75 Å². The van der Waals surface area contributed by atoms with Crippen molar-refractivity contribution in [1.29, 1.82) is 0 Å². The van der Waals surface area contributed by atoms with Gasteiger partial charge in [0.1, 0.15) is 5.75 Å². The van der Waals surface area contributed by atoms with Crippen LogP contribution in [0.1, 0.15) is 54.9 Å². The number of likely N-dealkylation sites (tertiary alicyclic amines) is 1. The first kappa shape index (κ1) is 26.7. The van der Waals surface area contributed by atoms with Crippen molar-refractivity contribution in [2.75, 3.05) is 26.7 Å². The van der Waals surface area contributed by atoms with E-state index in [0.29, 0.717) is 25.3 Å². The Hall–Kier alpha value is -3.40. The highest BCUT2D eigenvalue weighted by atomic mass is 16.5. The number of piperidine rings is 1. The average molecular weight is 501 g/mol. The van der Waals surface area contributed by atoms with E-state index in [2.05, 4.69) is 40.8 Å². The van der Waals surface area contributed by atoms with Gasteiger partial charge in [0, 0.05) is 30.1 Å². The van der Waals surface area contributed by atoms with Crippen molar-refractivity contribution in [2.24, 2.45) is 11.8 Å². The molecule has 194 valence electrons. The maximum Gasteiger partial charge on any atom is 0.303 e. The fourth-order valence-electron chi connectivity index (χ4n) is 5.38. The van der Waals surface area contributed by atoms with Gasteiger partial charge in [0.05, 0.1) is 25.3 Å². The van der Waals surface area contributed by atoms with E-state index in [9.17, 15) is 15.0 Å². The number of nitrogens with zero attached hydrogens (tertiary/aromatic N) is 2. The van der Waals surface area contributed by atoms with E-state index in [1.165, 1.54) is 5.56 Å². The van der Waals surface area contributed by atoms with Gasteiger partial charge in [0.15, 0.2) is 0 Å². The number of aliphatic hydroxyl groups excluding tert-OH is 1. The number of benzene rings is 2. The monoisotopic (exact) mass is 500 g/mol. The van der Waals surface area contributed by atoms with E-state index >= 15 is 0 Å². The Morgan fingerprint density at radius 3 is 2.84 bits per heavy atom. The second-order valence-electron chi connectivity index (χ2n) is 10.0. The summed E-state index contributed by atoms with van der Waals surface area (Å²) in [5.74, 6) is 7.18. The summed E-state index contributed by atoms with van der Waals surface area (Å²) in [4.78, 5) is 18.1. The molecule has 4 rings (SSSR count). The minimum atomic E-state index is -0.757. The molecule has 3 aromatic rings. The smallest absolute Gasteiger partial charge is 0.303 e. The first-order chi connectivity index (χ1) is 17.9. The number of pyridine rings is 1. The van der Waals surface area contributed by atoms with Gasteiger partial charge in [-0.1, -0.05) is 24.0 Å². The molecule has 0 saturated carbocycles. The summed E-state index contributed by atoms with van der Waals surface area (Å²) in [6.07, 6.45) is 4.39. The van der Waals surface area contributed by atoms with Gasteiger partial charge in [0.25, 0.3) is 0 Å². The number of methoxy groups -OCH3 is 1. The molecule has 1 unspecified atom stereocenters. The van der Waals surface area contributed by atoms with Crippen LogP contribution in [0.2, 0.25) is 0 Å². The molecule has 3 atom stereocenters. The molecule has 0 aliphatic carbocycles. The molecular weight excluding hydrogens is 464 g/mol. The van der Waals surface area contributed by atoms with Crippen molar-refractivity contribution in [3.05, 3.63) is 71.4 Å². The van der Waals surface area contributed by atoms with E-state index in [1.807, 2.05) is 36.4 Å². The number of hydrogen-bond acceptors (Lipinski definition) is 5. The number of carbonyl (C=O) groups is 1. The second-order valence-corrected chi connectivity index (χ2v) is 10.0. The average Bonchev–Trinajstić information content (AvgIpc) is 2.90. The van der Waals surface area contributed by atoms with Gasteiger partial charge in [-0.05, 0) is 98.5 Å². The highest BCUT2D eigenvalue weighted by molar-refractivity contribution is 5.83. The molecule has 1 aliphatic rings. The Labute approximate surface area is 219 Å². The summed E-state index contributed by atoms with van der Waals surface area (Å²) in [7, 11) is 1.63. The van der Waals surface area contributed by atoms with Gasteiger partial charge in [-0.3, -0.25) is 14.7 Å². The molecule has 6 heteroatoms. The Kier molecular flexibility index (Phi) is 9.16. The van der Waals surface area contributed by atoms with E-state index in [0.717, 1.165) is 53.7 Å². The number of rotatable bonds is 9. The second kappa shape index (κ2) is 12.7. The Balaban J connectivity index is 1.39. The molecule has 0 amide bonds. The number of ether oxygens (including phenoxy) is 1. The molecule has 2 heterocycles. The summed E-state index contributed by atoms with van der Waals surface area (Å²) in [6, 6.07) is 15.8. The first-order valence-electron chi connectivity index (χ1n) is 13.0. The highest BCUT2D eigenvalue weighted by Crippen LogP contribution is 2.35. The van der Waals surface area contributed by atoms with Crippen LogP contribution in [-0.2, 0) is 4.79 Å². The summed E-state index contributed by atoms with van der Waals surface area (Å²) in [6.45, 7) is 4.51. The standard InChI is InChI=1S/C31H36N2O4/c1-22-5-3-6-23(19-22)7-4-17-33-18-15-24(25(21-33)9-13-31(35)36)8-12-30(34)27-14-16-32-29-11-10-26(37-2)20-28(27)29/h3,5-6,10-11,14,16,19-20,24-25,30,34H,8-9,12-13,15,17-18,21H2,1-2H3,(H,35,36)/t24-,25+,30?/m1/s1. The molecule has 1 saturated heterocycles. The zero-order chi connectivity index (χ0) is 26.2. The number of carboxylic acids is 1. The van der Waals surface area contributed by atoms with Crippen molar-refractivity contribution in [3.8, 4) is 17.6 Å². The number of fused-ring (bicyclic) bond motifs is 1. The lowest BCUT2D eigenvalue weighted by Gasteiger charge is -2.38. The van der Waals surface area contributed by atoms with Crippen LogP contribution >= 0.6 is 0 Å². The van der Waals surface area contributed by atoms with E-state index in [4.69, 9.17) is 4.74 Å². The van der Waals surface area contributed by atoms with Crippen LogP contribution in [0.25, 0.3) is 10.9 Å². The van der Waals surface area contributed by atoms with Gasteiger partial charge in [-0.2, -0.15) is 0 Å². The SMILES string of the molecule is COc1ccc2nccc(C(O)CC[C@@H]3CCN(CC#Cc4cccc(C)c4)C[C@@H]3CCC(=O)O)c2c1. The molecule has 0 bridgehead atoms. The Morgan fingerprint density at radius 2 is 2.05 bits per heavy atom. The van der Waals surface area contributed by atoms with E-state index < -0.39 is 12.1 Å². The number of aryl methyl sites for hydroxylation is 1. The van der Waals surface area contributed by atoms with Crippen molar-refractivity contribution >= 4 is 16.9 Å². The Bertz CT molecular complexity index is 1280. The van der Waals surface area contributed by atoms with Gasteiger partial charge in [0.2, 0.25) is 0 Å². The minimum Gasteiger partial charge on any atom is -0.497 e. The molecule has 1 aromatic heterocycles. The quantitative estimate of drug-likeness (QED) is 0.392. The molecule has 0 spiro atoms. The van der Waals surface area contributed by atoms with Gasteiger partial charge < -0.3 is 14.9 Å². The zero-order valence-electron chi connectivity index (χ0n) is 21.7. The van der Waals surface area contributed by atoms with Gasteiger partial charge in [-0.25, -0.2) is 0 Å². The maximum absolute atomic E-state index is 11.3. The molecule has 6 nitrogen and oxygen atoms in total. The number of hydrogen-bond donors (Lipinski definition) is 2. The van der Waals surface area contributed by atoms with Crippen LogP contribution in [-0.4, -0.2) is 52.8 Å². The number of aliphatic carboxylic acids is 1. The minimum absolute atomic E-state index is 0.168. The molecule has 2 aromatic carbocycles. The fraction of sp³-hybridized carbons (Fsp3) is 0.419. The van der Waals surface area contributed by atoms with Crippen LogP contribution in [0, 0.1) is 30.6 Å². The highest BCUT2D eigenvalue weighted by Gasteiger charge is 2.30. The molecule has 0 radical (unpaired) electrons. The van der Waals surface area contributed by atoms with Crippen molar-refractivity contribution < 1.29 is 19.7 Å². The third kappa shape index (κ3) is 7.31. The topological polar surface area (TPSA) is 82.9 Å². The largest absolute Gasteiger partial charge is 0.497 e. The lowest BCUT2D eigenvalue weighted by Crippen LogP contribution is -2.41. The number of aliphatic hydroxyl groups is 1. The van der Waals surface area contributed by atoms with E-state index in [1.54, 1.807) is 13.3 Å². The normalized spacial score (nSPS) is 18.7. The van der Waals surface area contributed by atoms with Crippen LogP contribution < -0.4 is 4.74 Å². The van der Waals surface area contributed by atoms with Crippen molar-refractivity contribution in [3.63, 3.8) is 0 Å². The first-order valence-corrected chi connectivity index (χ1v) is 13.0. The lowest BCUT2D eigenvalue weighted by atomic mass is 9.79. The third-order valence-corrected chi connectivity index (χ3v) is 7.41. The molecule has 1 aliphatic heterocycles. The van der Waals surface area contributed by atoms with Crippen molar-refractivity contribution in [2.45, 2.75) is 45.1 Å². The van der Waals surface area contributed by atoms with Crippen molar-refractivity contribution in [1.82, 2.24) is 9.88 Å². The van der Waals surface area contributed by atoms with Crippen LogP contribution in [0.15, 0.2) is 54.7 Å². The summed E-state index contributed by atoms with van der Waals surface area (Å²) in [5.41, 5.74) is 3.90. The number of carboxylic acid groups (broad SMARTS) is 1. The molecule has 1 fully saturated rings. The van der Waals surface area contributed by atoms with E-state index in [-0.39, 0.29) is 12.3 Å². The summed E-state index contributed by atoms with van der Waals surface area (Å²) in [5, 5.41) is 21.3. The lowest BCUT2D eigenvalue weighted by molar-refractivity contribution is -0.137. The summed E-state index contributed by atoms with van der Waals surface area (Å²) < 4.78 is 5.37. The fourth-order valence-corrected chi connectivity index (χ4v) is 5.38. The molecular formula is C31H36N2O4. The zero-order valence-corrected chi connectivity index (χ0v) is 21.7. The van der Waals surface area contributed by atoms with Gasteiger partial charge >= 0.3 is 5.97 Å². The molecule has 37 heavy (non-hydrogen) atoms. The third-order valence-electron chi connectivity index (χ3n) is 7.41. The Morgan fingerprint density at radius 1 is 1.19 bits per heavy atom. The molecule has 2 N–H and O–H groups in total. The maximum atomic E-state index is 11.3. The number of aromatic nitrogens is 1. The van der Waals surface area contributed by atoms with Gasteiger partial charge in [-0.15, -0.1) is 0 Å². The van der Waals surface area contributed by atoms with Crippen LogP contribution in [0.3, 0.4) is 0 Å². The predicted molar refractivity (Wildman–Crippen MR) is 145 cm³/mol. The summed E-state index contributed by atoms with van der Waals surface area (Å²) >= 11 is 0. The predicted octanol–water partition coefficient (Wildman–Crippen LogP) is 5.22. The van der Waals surface area contributed by atoms with Crippen LogP contribution in [0.4, 0.5) is 0 Å².